The number of nitrogens with one attached hydrogen (secondary N) is 1. The molecule has 2 heterocycles. The molecule has 13 heavy (non-hydrogen) atoms. The van der Waals surface area contributed by atoms with E-state index < -0.39 is 0 Å². The Balaban J connectivity index is 1.77. The van der Waals surface area contributed by atoms with Gasteiger partial charge in [-0.05, 0) is 45.8 Å². The van der Waals surface area contributed by atoms with Crippen LogP contribution in [0.2, 0.25) is 0 Å². The van der Waals surface area contributed by atoms with E-state index in [9.17, 15) is 0 Å². The largest absolute Gasteiger partial charge is 0.300 e. The molecule has 0 atom stereocenters. The van der Waals surface area contributed by atoms with Gasteiger partial charge in [0.15, 0.2) is 0 Å². The van der Waals surface area contributed by atoms with Crippen molar-refractivity contribution in [3.05, 3.63) is 0 Å². The summed E-state index contributed by atoms with van der Waals surface area (Å²) in [6.07, 6.45) is 5.54. The molecule has 0 bridgehead atoms. The summed E-state index contributed by atoms with van der Waals surface area (Å²) in [6.45, 7) is 5.14. The second-order valence-corrected chi connectivity index (χ2v) is 4.18. The minimum atomic E-state index is 0.882. The number of rotatable bonds is 2. The normalized spacial score (nSPS) is 28.4. The maximum atomic E-state index is 3.23. The second kappa shape index (κ2) is 4.40. The molecule has 0 saturated carbocycles. The monoisotopic (exact) mass is 183 g/mol. The van der Waals surface area contributed by atoms with Gasteiger partial charge in [-0.15, -0.1) is 0 Å². The van der Waals surface area contributed by atoms with Crippen LogP contribution in [0.15, 0.2) is 0 Å². The van der Waals surface area contributed by atoms with E-state index in [1.807, 2.05) is 7.05 Å². The first-order valence-electron chi connectivity index (χ1n) is 5.56. The van der Waals surface area contributed by atoms with Gasteiger partial charge in [-0.1, -0.05) is 0 Å². The van der Waals surface area contributed by atoms with Crippen molar-refractivity contribution < 1.29 is 0 Å². The Labute approximate surface area is 81.1 Å². The Morgan fingerprint density at radius 1 is 1.00 bits per heavy atom. The van der Waals surface area contributed by atoms with E-state index in [2.05, 4.69) is 15.3 Å². The van der Waals surface area contributed by atoms with E-state index in [-0.39, 0.29) is 0 Å². The highest BCUT2D eigenvalue weighted by Crippen LogP contribution is 2.19. The molecule has 0 spiro atoms. The Morgan fingerprint density at radius 3 is 2.15 bits per heavy atom. The Hall–Kier alpha value is -0.120. The first kappa shape index (κ1) is 9.44. The van der Waals surface area contributed by atoms with Crippen LogP contribution in [0.1, 0.15) is 25.7 Å². The number of hydrazine groups is 1. The van der Waals surface area contributed by atoms with E-state index in [1.165, 1.54) is 51.9 Å². The predicted octanol–water partition coefficient (Wildman–Crippen LogP) is 0.681. The van der Waals surface area contributed by atoms with Crippen LogP contribution < -0.4 is 5.43 Å². The first-order valence-corrected chi connectivity index (χ1v) is 5.56. The van der Waals surface area contributed by atoms with Crippen molar-refractivity contribution in [3.8, 4) is 0 Å². The summed E-state index contributed by atoms with van der Waals surface area (Å²) >= 11 is 0. The van der Waals surface area contributed by atoms with Crippen LogP contribution in [-0.4, -0.2) is 49.2 Å². The lowest BCUT2D eigenvalue weighted by Gasteiger charge is -2.36. The lowest BCUT2D eigenvalue weighted by atomic mass is 10.1. The zero-order valence-electron chi connectivity index (χ0n) is 8.63. The summed E-state index contributed by atoms with van der Waals surface area (Å²) in [7, 11) is 2.02. The van der Waals surface area contributed by atoms with Gasteiger partial charge in [-0.3, -0.25) is 5.43 Å². The van der Waals surface area contributed by atoms with Crippen LogP contribution >= 0.6 is 0 Å². The Morgan fingerprint density at radius 2 is 1.62 bits per heavy atom. The van der Waals surface area contributed by atoms with Crippen molar-refractivity contribution in [2.75, 3.05) is 33.2 Å². The van der Waals surface area contributed by atoms with Crippen LogP contribution in [0.25, 0.3) is 0 Å². The summed E-state index contributed by atoms with van der Waals surface area (Å²) in [6, 6.07) is 0.882. The van der Waals surface area contributed by atoms with E-state index in [0.29, 0.717) is 0 Å². The van der Waals surface area contributed by atoms with Gasteiger partial charge in [-0.25, -0.2) is 5.01 Å². The first-order chi connectivity index (χ1) is 6.40. The molecule has 0 aromatic heterocycles. The molecule has 0 radical (unpaired) electrons. The fourth-order valence-electron chi connectivity index (χ4n) is 2.56. The van der Waals surface area contributed by atoms with Crippen LogP contribution in [0.4, 0.5) is 0 Å². The number of likely N-dealkylation sites (tertiary alicyclic amines) is 1. The summed E-state index contributed by atoms with van der Waals surface area (Å²) in [5.74, 6) is 0. The third-order valence-electron chi connectivity index (χ3n) is 3.44. The van der Waals surface area contributed by atoms with E-state index in [0.717, 1.165) is 6.04 Å². The topological polar surface area (TPSA) is 18.5 Å². The molecular weight excluding hydrogens is 162 g/mol. The summed E-state index contributed by atoms with van der Waals surface area (Å²) in [5.41, 5.74) is 3.23. The minimum absolute atomic E-state index is 0.882. The highest BCUT2D eigenvalue weighted by Gasteiger charge is 2.25. The van der Waals surface area contributed by atoms with Crippen molar-refractivity contribution in [2.45, 2.75) is 31.7 Å². The maximum Gasteiger partial charge on any atom is 0.0145 e. The number of hydrogen-bond donors (Lipinski definition) is 1. The molecule has 0 aliphatic carbocycles. The van der Waals surface area contributed by atoms with E-state index in [1.54, 1.807) is 0 Å². The highest BCUT2D eigenvalue weighted by molar-refractivity contribution is 4.80. The van der Waals surface area contributed by atoms with Gasteiger partial charge in [0, 0.05) is 19.1 Å². The maximum absolute atomic E-state index is 3.23. The molecule has 0 aromatic carbocycles. The fourth-order valence-corrected chi connectivity index (χ4v) is 2.56. The van der Waals surface area contributed by atoms with Gasteiger partial charge < -0.3 is 4.90 Å². The van der Waals surface area contributed by atoms with Crippen molar-refractivity contribution in [2.24, 2.45) is 0 Å². The van der Waals surface area contributed by atoms with Gasteiger partial charge in [0.25, 0.3) is 0 Å². The van der Waals surface area contributed by atoms with Crippen LogP contribution in [0, 0.1) is 0 Å². The standard InChI is InChI=1S/C10H21N3/c1-11-13-8-4-10(5-9-13)12-6-2-3-7-12/h10-11H,2-9H2,1H3. The molecular formula is C10H21N3. The van der Waals surface area contributed by atoms with Gasteiger partial charge in [-0.2, -0.15) is 0 Å². The third kappa shape index (κ3) is 2.22. The summed E-state index contributed by atoms with van der Waals surface area (Å²) in [4.78, 5) is 2.69. The van der Waals surface area contributed by atoms with Gasteiger partial charge in [0.05, 0.1) is 0 Å². The molecule has 0 amide bonds. The highest BCUT2D eigenvalue weighted by atomic mass is 15.5. The molecule has 1 N–H and O–H groups in total. The molecule has 2 rings (SSSR count). The fraction of sp³-hybridized carbons (Fsp3) is 1.00. The van der Waals surface area contributed by atoms with Crippen molar-refractivity contribution in [1.82, 2.24) is 15.3 Å². The average molecular weight is 183 g/mol. The quantitative estimate of drug-likeness (QED) is 0.679. The second-order valence-electron chi connectivity index (χ2n) is 4.18. The van der Waals surface area contributed by atoms with Crippen molar-refractivity contribution >= 4 is 0 Å². The zero-order valence-corrected chi connectivity index (χ0v) is 8.63. The smallest absolute Gasteiger partial charge is 0.0145 e. The van der Waals surface area contributed by atoms with E-state index >= 15 is 0 Å². The zero-order chi connectivity index (χ0) is 9.10. The third-order valence-corrected chi connectivity index (χ3v) is 3.44. The van der Waals surface area contributed by atoms with Crippen LogP contribution in [-0.2, 0) is 0 Å². The average Bonchev–Trinajstić information content (AvgIpc) is 2.71. The number of piperidine rings is 1. The molecule has 76 valence electrons. The molecule has 2 aliphatic rings. The molecule has 3 nitrogen and oxygen atoms in total. The lowest BCUT2D eigenvalue weighted by molar-refractivity contribution is 0.0987. The molecule has 2 fully saturated rings. The summed E-state index contributed by atoms with van der Waals surface area (Å²) in [5, 5.41) is 2.33. The molecule has 0 unspecified atom stereocenters. The number of hydrogen-bond acceptors (Lipinski definition) is 3. The Bertz CT molecular complexity index is 146. The lowest BCUT2D eigenvalue weighted by Crippen LogP contribution is -2.47. The van der Waals surface area contributed by atoms with E-state index in [4.69, 9.17) is 0 Å². The molecule has 2 aliphatic heterocycles. The predicted molar refractivity (Wildman–Crippen MR) is 54.5 cm³/mol. The SMILES string of the molecule is CNN1CCC(N2CCCC2)CC1. The van der Waals surface area contributed by atoms with Gasteiger partial charge >= 0.3 is 0 Å². The van der Waals surface area contributed by atoms with Crippen LogP contribution in [0.3, 0.4) is 0 Å². The molecule has 3 heteroatoms. The molecule has 0 aromatic rings. The Kier molecular flexibility index (Phi) is 3.19. The number of nitrogens with zero attached hydrogens (tertiary/aromatic N) is 2. The van der Waals surface area contributed by atoms with Crippen molar-refractivity contribution in [1.29, 1.82) is 0 Å². The van der Waals surface area contributed by atoms with Crippen molar-refractivity contribution in [3.63, 3.8) is 0 Å². The van der Waals surface area contributed by atoms with Crippen LogP contribution in [0.5, 0.6) is 0 Å². The van der Waals surface area contributed by atoms with Gasteiger partial charge in [0.1, 0.15) is 0 Å². The minimum Gasteiger partial charge on any atom is -0.300 e. The van der Waals surface area contributed by atoms with Gasteiger partial charge in [0.2, 0.25) is 0 Å². The molecule has 2 saturated heterocycles. The summed E-state index contributed by atoms with van der Waals surface area (Å²) < 4.78 is 0.